The molecule has 0 saturated carbocycles. The largest absolute Gasteiger partial charge is 0.497 e. The molecule has 116 valence electrons. The Kier molecular flexibility index (Phi) is 4.18. The van der Waals surface area contributed by atoms with Gasteiger partial charge < -0.3 is 9.47 Å². The molecule has 0 amide bonds. The van der Waals surface area contributed by atoms with Gasteiger partial charge in [-0.15, -0.1) is 0 Å². The number of ether oxygens (including phenoxy) is 2. The van der Waals surface area contributed by atoms with Gasteiger partial charge in [0.2, 0.25) is 9.84 Å². The van der Waals surface area contributed by atoms with E-state index in [0.29, 0.717) is 17.7 Å². The van der Waals surface area contributed by atoms with Crippen LogP contribution in [0, 0.1) is 0 Å². The first kappa shape index (κ1) is 15.1. The second-order valence-corrected chi connectivity index (χ2v) is 7.35. The third-order valence-electron chi connectivity index (χ3n) is 3.89. The number of methoxy groups -OCH3 is 1. The quantitative estimate of drug-likeness (QED) is 0.867. The molecule has 0 N–H and O–H groups in total. The van der Waals surface area contributed by atoms with Crippen LogP contribution in [0.3, 0.4) is 0 Å². The average Bonchev–Trinajstić information content (AvgIpc) is 3.06. The topological polar surface area (TPSA) is 52.6 Å². The van der Waals surface area contributed by atoms with Crippen molar-refractivity contribution in [2.45, 2.75) is 29.3 Å². The summed E-state index contributed by atoms with van der Waals surface area (Å²) >= 11 is 0. The maximum Gasteiger partial charge on any atom is 0.205 e. The molecule has 0 bridgehead atoms. The maximum atomic E-state index is 12.6. The summed E-state index contributed by atoms with van der Waals surface area (Å²) in [6, 6.07) is 16.0. The first-order valence-corrected chi connectivity index (χ1v) is 8.74. The summed E-state index contributed by atoms with van der Waals surface area (Å²) in [7, 11) is -1.82. The van der Waals surface area contributed by atoms with Gasteiger partial charge in [0.05, 0.1) is 18.1 Å². The second-order valence-electron chi connectivity index (χ2n) is 5.26. The first-order valence-electron chi connectivity index (χ1n) is 7.19. The fourth-order valence-corrected chi connectivity index (χ4v) is 4.23. The van der Waals surface area contributed by atoms with Crippen LogP contribution in [0.25, 0.3) is 0 Å². The van der Waals surface area contributed by atoms with Crippen LogP contribution in [0.5, 0.6) is 5.75 Å². The summed E-state index contributed by atoms with van der Waals surface area (Å²) in [6.45, 7) is 0. The molecule has 4 nitrogen and oxygen atoms in total. The van der Waals surface area contributed by atoms with E-state index in [1.807, 2.05) is 24.3 Å². The van der Waals surface area contributed by atoms with Crippen LogP contribution in [-0.4, -0.2) is 21.0 Å². The third kappa shape index (κ3) is 2.87. The van der Waals surface area contributed by atoms with Crippen LogP contribution < -0.4 is 4.74 Å². The van der Waals surface area contributed by atoms with E-state index in [2.05, 4.69) is 0 Å². The zero-order chi connectivity index (χ0) is 15.6. The van der Waals surface area contributed by atoms with Crippen molar-refractivity contribution in [3.63, 3.8) is 0 Å². The van der Waals surface area contributed by atoms with Crippen LogP contribution in [0.15, 0.2) is 59.5 Å². The van der Waals surface area contributed by atoms with Gasteiger partial charge in [0.15, 0.2) is 5.44 Å². The summed E-state index contributed by atoms with van der Waals surface area (Å²) < 4.78 is 36.1. The van der Waals surface area contributed by atoms with Crippen LogP contribution >= 0.6 is 0 Å². The minimum absolute atomic E-state index is 0.186. The molecule has 2 aromatic carbocycles. The molecule has 1 aliphatic heterocycles. The zero-order valence-electron chi connectivity index (χ0n) is 12.3. The van der Waals surface area contributed by atoms with Crippen LogP contribution in [0.1, 0.15) is 24.5 Å². The summed E-state index contributed by atoms with van der Waals surface area (Å²) in [5, 5.41) is 0. The summed E-state index contributed by atoms with van der Waals surface area (Å²) in [5.41, 5.74) is 0.202. The molecule has 1 aliphatic rings. The van der Waals surface area contributed by atoms with Gasteiger partial charge in [-0.2, -0.15) is 0 Å². The standard InChI is InChI=1S/C17H18O4S/c1-20-14-9-7-13(8-10-14)16-11-12-17(21-16)22(18,19)15-5-3-2-4-6-15/h2-10,16-17H,11-12H2,1H3. The third-order valence-corrected chi connectivity index (χ3v) is 5.85. The number of sulfone groups is 1. The molecule has 2 atom stereocenters. The van der Waals surface area contributed by atoms with Gasteiger partial charge in [0, 0.05) is 0 Å². The fraction of sp³-hybridized carbons (Fsp3) is 0.294. The normalized spacial score (nSPS) is 21.7. The van der Waals surface area contributed by atoms with E-state index in [1.165, 1.54) is 0 Å². The lowest BCUT2D eigenvalue weighted by molar-refractivity contribution is 0.0870. The number of benzene rings is 2. The van der Waals surface area contributed by atoms with Gasteiger partial charge in [-0.05, 0) is 42.7 Å². The van der Waals surface area contributed by atoms with Gasteiger partial charge >= 0.3 is 0 Å². The maximum absolute atomic E-state index is 12.6. The monoisotopic (exact) mass is 318 g/mol. The molecule has 2 aromatic rings. The molecule has 1 saturated heterocycles. The Morgan fingerprint density at radius 2 is 1.68 bits per heavy atom. The predicted molar refractivity (Wildman–Crippen MR) is 83.5 cm³/mol. The van der Waals surface area contributed by atoms with E-state index in [0.717, 1.165) is 11.3 Å². The minimum atomic E-state index is -3.44. The Morgan fingerprint density at radius 1 is 1.00 bits per heavy atom. The van der Waals surface area contributed by atoms with Gasteiger partial charge in [0.25, 0.3) is 0 Å². The van der Waals surface area contributed by atoms with E-state index in [-0.39, 0.29) is 6.10 Å². The molecular formula is C17H18O4S. The Labute approximate surface area is 130 Å². The van der Waals surface area contributed by atoms with Crippen molar-refractivity contribution in [2.75, 3.05) is 7.11 Å². The van der Waals surface area contributed by atoms with E-state index < -0.39 is 15.3 Å². The molecule has 1 heterocycles. The van der Waals surface area contributed by atoms with Crippen molar-refractivity contribution in [3.05, 3.63) is 60.2 Å². The van der Waals surface area contributed by atoms with Crippen LogP contribution in [0.2, 0.25) is 0 Å². The number of hydrogen-bond acceptors (Lipinski definition) is 4. The Morgan fingerprint density at radius 3 is 2.32 bits per heavy atom. The SMILES string of the molecule is COc1ccc(C2CCC(S(=O)(=O)c3ccccc3)O2)cc1. The molecule has 0 aliphatic carbocycles. The number of rotatable bonds is 4. The van der Waals surface area contributed by atoms with Gasteiger partial charge in [-0.25, -0.2) is 8.42 Å². The molecule has 0 spiro atoms. The molecule has 0 radical (unpaired) electrons. The average molecular weight is 318 g/mol. The molecule has 2 unspecified atom stereocenters. The van der Waals surface area contributed by atoms with Crippen molar-refractivity contribution < 1.29 is 17.9 Å². The number of hydrogen-bond donors (Lipinski definition) is 0. The van der Waals surface area contributed by atoms with E-state index in [9.17, 15) is 8.42 Å². The van der Waals surface area contributed by atoms with Crippen molar-refractivity contribution in [3.8, 4) is 5.75 Å². The van der Waals surface area contributed by atoms with E-state index in [4.69, 9.17) is 9.47 Å². The van der Waals surface area contributed by atoms with Gasteiger partial charge in [-0.1, -0.05) is 30.3 Å². The van der Waals surface area contributed by atoms with Crippen molar-refractivity contribution in [2.24, 2.45) is 0 Å². The Hall–Kier alpha value is -1.85. The second kappa shape index (κ2) is 6.10. The van der Waals surface area contributed by atoms with Crippen molar-refractivity contribution >= 4 is 9.84 Å². The lowest BCUT2D eigenvalue weighted by atomic mass is 10.1. The Balaban J connectivity index is 1.77. The van der Waals surface area contributed by atoms with Crippen LogP contribution in [-0.2, 0) is 14.6 Å². The van der Waals surface area contributed by atoms with Gasteiger partial charge in [0.1, 0.15) is 5.75 Å². The smallest absolute Gasteiger partial charge is 0.205 e. The fourth-order valence-electron chi connectivity index (χ4n) is 2.66. The van der Waals surface area contributed by atoms with Gasteiger partial charge in [-0.3, -0.25) is 0 Å². The zero-order valence-corrected chi connectivity index (χ0v) is 13.1. The lowest BCUT2D eigenvalue weighted by Gasteiger charge is -2.15. The summed E-state index contributed by atoms with van der Waals surface area (Å²) in [6.07, 6.45) is 1.02. The molecule has 1 fully saturated rings. The molecule has 3 rings (SSSR count). The highest BCUT2D eigenvalue weighted by Gasteiger charge is 2.36. The van der Waals surface area contributed by atoms with Crippen molar-refractivity contribution in [1.82, 2.24) is 0 Å². The van der Waals surface area contributed by atoms with E-state index >= 15 is 0 Å². The molecule has 22 heavy (non-hydrogen) atoms. The predicted octanol–water partition coefficient (Wildman–Crippen LogP) is 3.35. The van der Waals surface area contributed by atoms with E-state index in [1.54, 1.807) is 37.4 Å². The minimum Gasteiger partial charge on any atom is -0.497 e. The van der Waals surface area contributed by atoms with Crippen LogP contribution in [0.4, 0.5) is 0 Å². The first-order chi connectivity index (χ1) is 10.6. The molecular weight excluding hydrogens is 300 g/mol. The highest BCUT2D eigenvalue weighted by molar-refractivity contribution is 7.92. The lowest BCUT2D eigenvalue weighted by Crippen LogP contribution is -2.20. The Bertz CT molecular complexity index is 723. The summed E-state index contributed by atoms with van der Waals surface area (Å²) in [5.74, 6) is 0.773. The molecule has 0 aromatic heterocycles. The summed E-state index contributed by atoms with van der Waals surface area (Å²) in [4.78, 5) is 0.315. The van der Waals surface area contributed by atoms with Crippen molar-refractivity contribution in [1.29, 1.82) is 0 Å². The molecule has 5 heteroatoms. The highest BCUT2D eigenvalue weighted by Crippen LogP contribution is 2.37. The highest BCUT2D eigenvalue weighted by atomic mass is 32.2.